The lowest BCUT2D eigenvalue weighted by atomic mass is 9.76. The summed E-state index contributed by atoms with van der Waals surface area (Å²) >= 11 is 0. The minimum absolute atomic E-state index is 0.00930. The molecule has 0 saturated heterocycles. The molecule has 0 spiro atoms. The average molecular weight is 1950 g/mol. The van der Waals surface area contributed by atoms with Crippen LogP contribution in [0, 0.1) is 88.8 Å². The van der Waals surface area contributed by atoms with Crippen molar-refractivity contribution in [3.63, 3.8) is 0 Å². The fraction of sp³-hybridized carbons (Fsp3) is 0.860. The summed E-state index contributed by atoms with van der Waals surface area (Å²) in [5.41, 5.74) is 0. The van der Waals surface area contributed by atoms with Gasteiger partial charge in [-0.25, -0.2) is 0 Å². The van der Waals surface area contributed by atoms with Crippen molar-refractivity contribution in [2.75, 3.05) is 99.1 Å². The van der Waals surface area contributed by atoms with Crippen LogP contribution in [0.5, 0.6) is 0 Å². The van der Waals surface area contributed by atoms with E-state index >= 15 is 43.2 Å². The smallest absolute Gasteiger partial charge is 0.308 e. The molecular formula is C107H186O30. The van der Waals surface area contributed by atoms with E-state index in [-0.39, 0.29) is 144 Å². The van der Waals surface area contributed by atoms with Gasteiger partial charge in [0, 0.05) is 0 Å². The molecule has 0 radical (unpaired) electrons. The van der Waals surface area contributed by atoms with Gasteiger partial charge in [0.1, 0.15) is 0 Å². The second kappa shape index (κ2) is 83.8. The van der Waals surface area contributed by atoms with Crippen molar-refractivity contribution >= 4 is 89.5 Å². The quantitative estimate of drug-likeness (QED) is 0.0310. The van der Waals surface area contributed by atoms with Crippen LogP contribution in [0.25, 0.3) is 0 Å². The molecule has 0 saturated carbocycles. The predicted molar refractivity (Wildman–Crippen MR) is 521 cm³/mol. The average Bonchev–Trinajstić information content (AvgIpc) is 0.833. The lowest BCUT2D eigenvalue weighted by molar-refractivity contribution is -0.161. The Labute approximate surface area is 823 Å². The largest absolute Gasteiger partial charge is 0.465 e. The Morgan fingerprint density at radius 1 is 0.131 bits per heavy atom. The number of hydrogen-bond donors (Lipinski definition) is 0. The van der Waals surface area contributed by atoms with Crippen molar-refractivity contribution in [3.8, 4) is 0 Å². The zero-order valence-corrected chi connectivity index (χ0v) is 87.8. The molecule has 0 rings (SSSR count). The summed E-state index contributed by atoms with van der Waals surface area (Å²) in [7, 11) is 0. The molecular weight excluding hydrogens is 1770 g/mol. The standard InChI is InChI=1S/C107H186O30/c1-18-34-49-123-93(108)78(17)64-80(95(110)125-51-36-20-3)66-82(97(112)127-53-38-22-5)68-84(99(114)129-55-40-24-7)70-86(101(116)131-57-42-26-9)72-88(103(118)133-59-44-28-11)74-90(105(120)135-61-46-30-13)76-92(107(122)137-63-48-32-15)77-91(106(121)136-62-47-31-14)75-89(104(119)134-60-45-29-12)73-87(102(117)132-58-43-27-10)71-85(100(115)130-56-41-25-8)69-83(98(113)128-54-39-23-6)67-81(96(111)126-52-37-21-4)65-79(33-16)94(109)124-50-35-19-2/h78-92H,18-77H2,1-17H3. The third-order valence-corrected chi connectivity index (χ3v) is 24.7. The molecule has 15 unspecified atom stereocenters. The third kappa shape index (κ3) is 59.4. The Bertz CT molecular complexity index is 3220. The van der Waals surface area contributed by atoms with E-state index in [1.165, 1.54) is 0 Å². The van der Waals surface area contributed by atoms with Gasteiger partial charge in [-0.3, -0.25) is 71.9 Å². The molecule has 30 nitrogen and oxygen atoms in total. The Morgan fingerprint density at radius 2 is 0.219 bits per heavy atom. The van der Waals surface area contributed by atoms with Crippen LogP contribution in [0.1, 0.15) is 407 Å². The van der Waals surface area contributed by atoms with E-state index < -0.39 is 230 Å². The number of ether oxygens (including phenoxy) is 15. The molecule has 794 valence electrons. The lowest BCUT2D eigenvalue weighted by Gasteiger charge is -2.30. The van der Waals surface area contributed by atoms with Crippen LogP contribution in [-0.4, -0.2) is 189 Å². The maximum absolute atomic E-state index is 15.5. The third-order valence-electron chi connectivity index (χ3n) is 24.7. The first-order valence-corrected chi connectivity index (χ1v) is 53.5. The first kappa shape index (κ1) is 129. The van der Waals surface area contributed by atoms with Gasteiger partial charge < -0.3 is 71.1 Å². The van der Waals surface area contributed by atoms with E-state index in [1.807, 2.05) is 104 Å². The molecule has 0 amide bonds. The molecule has 0 aromatic rings. The maximum atomic E-state index is 15.5. The number of carbonyl (C=O) groups is 15. The van der Waals surface area contributed by atoms with Crippen LogP contribution in [-0.2, 0) is 143 Å². The van der Waals surface area contributed by atoms with Crippen molar-refractivity contribution in [1.82, 2.24) is 0 Å². The summed E-state index contributed by atoms with van der Waals surface area (Å²) in [6, 6.07) is 0. The summed E-state index contributed by atoms with van der Waals surface area (Å²) < 4.78 is 89.5. The highest BCUT2D eigenvalue weighted by molar-refractivity contribution is 5.84. The van der Waals surface area contributed by atoms with Crippen molar-refractivity contribution in [2.24, 2.45) is 88.8 Å². The van der Waals surface area contributed by atoms with Gasteiger partial charge >= 0.3 is 89.5 Å². The zero-order valence-electron chi connectivity index (χ0n) is 87.8. The van der Waals surface area contributed by atoms with Gasteiger partial charge in [0.25, 0.3) is 0 Å². The van der Waals surface area contributed by atoms with E-state index in [4.69, 9.17) is 71.1 Å². The van der Waals surface area contributed by atoms with Crippen LogP contribution in [0.3, 0.4) is 0 Å². The van der Waals surface area contributed by atoms with E-state index in [0.29, 0.717) is 180 Å². The van der Waals surface area contributed by atoms with Crippen LogP contribution in [0.15, 0.2) is 0 Å². The number of hydrogen-bond acceptors (Lipinski definition) is 30. The fourth-order valence-corrected chi connectivity index (χ4v) is 15.7. The highest BCUT2D eigenvalue weighted by Gasteiger charge is 2.46. The van der Waals surface area contributed by atoms with Crippen LogP contribution in [0.2, 0.25) is 0 Å². The predicted octanol–water partition coefficient (Wildman–Crippen LogP) is 21.3. The molecule has 0 aromatic heterocycles. The van der Waals surface area contributed by atoms with Gasteiger partial charge in [-0.2, -0.15) is 0 Å². The SMILES string of the molecule is CCCCOC(=O)C(C)CC(CC(CC(CC(CC(CC(CC(CC(CC(CC(CC(CC(CC(CC(CC)C(=O)OCCCC)C(=O)OCCCC)C(=O)OCCCC)C(=O)OCCCC)C(=O)OCCCC)C(=O)OCCCC)C(=O)OCCCC)C(=O)OCCCC)C(=O)OCCCC)C(=O)OCCCC)C(=O)OCCCC)C(=O)OCCCC)C(=O)OCCCC)C(=O)OCCCC. The van der Waals surface area contributed by atoms with Crippen molar-refractivity contribution in [2.45, 2.75) is 407 Å². The Balaban J connectivity index is 9.65. The van der Waals surface area contributed by atoms with Crippen LogP contribution in [0.4, 0.5) is 0 Å². The topological polar surface area (TPSA) is 394 Å². The van der Waals surface area contributed by atoms with E-state index in [2.05, 4.69) is 0 Å². The highest BCUT2D eigenvalue weighted by atomic mass is 16.6. The molecule has 0 fully saturated rings. The molecule has 0 aromatic carbocycles. The summed E-state index contributed by atoms with van der Waals surface area (Å²) in [5, 5.41) is 0. The first-order chi connectivity index (χ1) is 66.0. The number of unbranched alkanes of at least 4 members (excludes halogenated alkanes) is 15. The fourth-order valence-electron chi connectivity index (χ4n) is 15.7. The van der Waals surface area contributed by atoms with Crippen molar-refractivity contribution in [1.29, 1.82) is 0 Å². The number of carbonyl (C=O) groups excluding carboxylic acids is 15. The van der Waals surface area contributed by atoms with Crippen molar-refractivity contribution < 1.29 is 143 Å². The van der Waals surface area contributed by atoms with Gasteiger partial charge in [0.15, 0.2) is 0 Å². The Morgan fingerprint density at radius 3 is 0.321 bits per heavy atom. The summed E-state index contributed by atoms with van der Waals surface area (Å²) in [5.74, 6) is -30.7. The van der Waals surface area contributed by atoms with Gasteiger partial charge in [0.2, 0.25) is 0 Å². The summed E-state index contributed by atoms with van der Waals surface area (Å²) in [6.07, 6.45) is 11.5. The second-order valence-corrected chi connectivity index (χ2v) is 37.2. The van der Waals surface area contributed by atoms with Crippen LogP contribution < -0.4 is 0 Å². The Kier molecular flexibility index (Phi) is 78.9. The van der Waals surface area contributed by atoms with Gasteiger partial charge in [-0.15, -0.1) is 0 Å². The molecule has 0 aliphatic heterocycles. The highest BCUT2D eigenvalue weighted by Crippen LogP contribution is 2.41. The van der Waals surface area contributed by atoms with E-state index in [0.717, 1.165) is 12.8 Å². The summed E-state index contributed by atoms with van der Waals surface area (Å²) in [6.45, 7) is 31.7. The van der Waals surface area contributed by atoms with E-state index in [9.17, 15) is 28.8 Å². The Hall–Kier alpha value is -7.95. The van der Waals surface area contributed by atoms with Crippen LogP contribution >= 0.6 is 0 Å². The molecule has 0 aliphatic rings. The number of rotatable bonds is 89. The van der Waals surface area contributed by atoms with Crippen molar-refractivity contribution in [3.05, 3.63) is 0 Å². The molecule has 0 aliphatic carbocycles. The molecule has 0 bridgehead atoms. The lowest BCUT2D eigenvalue weighted by Crippen LogP contribution is -2.36. The number of esters is 15. The normalized spacial score (nSPS) is 14.6. The first-order valence-electron chi connectivity index (χ1n) is 53.5. The van der Waals surface area contributed by atoms with Gasteiger partial charge in [-0.05, 0) is 193 Å². The maximum Gasteiger partial charge on any atom is 0.308 e. The minimum atomic E-state index is -1.47. The van der Waals surface area contributed by atoms with Gasteiger partial charge in [0.05, 0.1) is 188 Å². The zero-order chi connectivity index (χ0) is 102. The monoisotopic (exact) mass is 1950 g/mol. The summed E-state index contributed by atoms with van der Waals surface area (Å²) in [4.78, 5) is 225. The molecule has 30 heteroatoms. The molecule has 0 N–H and O–H groups in total. The van der Waals surface area contributed by atoms with Gasteiger partial charge in [-0.1, -0.05) is 214 Å². The van der Waals surface area contributed by atoms with E-state index in [1.54, 1.807) is 13.8 Å². The minimum Gasteiger partial charge on any atom is -0.465 e. The molecule has 137 heavy (non-hydrogen) atoms. The second-order valence-electron chi connectivity index (χ2n) is 37.2. The molecule has 0 heterocycles. The molecule has 15 atom stereocenters.